The third-order valence-corrected chi connectivity index (χ3v) is 5.44. The van der Waals surface area contributed by atoms with Gasteiger partial charge in [0.05, 0.1) is 6.54 Å². The molecule has 0 saturated heterocycles. The molecule has 1 aliphatic rings. The minimum Gasteiger partial charge on any atom is -0.342 e. The van der Waals surface area contributed by atoms with E-state index in [0.717, 1.165) is 0 Å². The molecule has 0 aliphatic carbocycles. The number of carbonyl (C=O) groups excluding carboxylic acids is 2. The lowest BCUT2D eigenvalue weighted by Crippen LogP contribution is -2.52. The first-order chi connectivity index (χ1) is 12.9. The van der Waals surface area contributed by atoms with E-state index < -0.39 is 5.54 Å². The number of likely N-dealkylation sites (N-methyl/N-ethyl adjacent to an activating group) is 1. The molecule has 1 heterocycles. The summed E-state index contributed by atoms with van der Waals surface area (Å²) in [7, 11) is 0. The molecule has 0 fully saturated rings. The average molecular weight is 406 g/mol. The summed E-state index contributed by atoms with van der Waals surface area (Å²) in [6.07, 6.45) is 0. The van der Waals surface area contributed by atoms with Gasteiger partial charge in [-0.25, -0.2) is 0 Å². The van der Waals surface area contributed by atoms with Crippen molar-refractivity contribution in [1.29, 1.82) is 0 Å². The fraction of sp³-hybridized carbons (Fsp3) is 0.300. The monoisotopic (exact) mass is 405 g/mol. The Bertz CT molecular complexity index is 883. The average Bonchev–Trinajstić information content (AvgIpc) is 2.93. The molecule has 1 unspecified atom stereocenters. The molecule has 7 heteroatoms. The molecule has 3 rings (SSSR count). The number of carbonyl (C=O) groups is 2. The van der Waals surface area contributed by atoms with E-state index in [1.165, 1.54) is 0 Å². The molecule has 5 nitrogen and oxygen atoms in total. The third-order valence-electron chi connectivity index (χ3n) is 4.87. The predicted octanol–water partition coefficient (Wildman–Crippen LogP) is 3.65. The van der Waals surface area contributed by atoms with Crippen molar-refractivity contribution in [3.8, 4) is 0 Å². The van der Waals surface area contributed by atoms with Crippen molar-refractivity contribution >= 4 is 40.7 Å². The lowest BCUT2D eigenvalue weighted by atomic mass is 9.83. The van der Waals surface area contributed by atoms with Gasteiger partial charge < -0.3 is 10.2 Å². The number of benzene rings is 2. The Labute approximate surface area is 168 Å². The van der Waals surface area contributed by atoms with Crippen LogP contribution in [0.3, 0.4) is 0 Å². The van der Waals surface area contributed by atoms with Gasteiger partial charge in [-0.05, 0) is 38.1 Å². The van der Waals surface area contributed by atoms with Crippen LogP contribution in [0.15, 0.2) is 42.5 Å². The first-order valence-electron chi connectivity index (χ1n) is 8.83. The third kappa shape index (κ3) is 3.43. The van der Waals surface area contributed by atoms with E-state index in [-0.39, 0.29) is 18.4 Å². The van der Waals surface area contributed by atoms with Gasteiger partial charge in [0.1, 0.15) is 0 Å². The molecular formula is C20H21Cl2N3O2. The Morgan fingerprint density at radius 3 is 2.48 bits per heavy atom. The van der Waals surface area contributed by atoms with Crippen LogP contribution < -0.4 is 10.6 Å². The van der Waals surface area contributed by atoms with Crippen LogP contribution in [0.2, 0.25) is 10.0 Å². The van der Waals surface area contributed by atoms with Crippen LogP contribution in [0.5, 0.6) is 0 Å². The SMILES string of the molecule is CCN(CC)C(=O)CNC1(c2ccccc2Cl)C(=O)Nc2ccc(Cl)cc21. The number of nitrogens with zero attached hydrogens (tertiary/aromatic N) is 1. The summed E-state index contributed by atoms with van der Waals surface area (Å²) in [4.78, 5) is 27.4. The highest BCUT2D eigenvalue weighted by atomic mass is 35.5. The van der Waals surface area contributed by atoms with E-state index in [2.05, 4.69) is 10.6 Å². The van der Waals surface area contributed by atoms with E-state index in [1.54, 1.807) is 41.3 Å². The minimum absolute atomic E-state index is 0.00766. The van der Waals surface area contributed by atoms with Crippen molar-refractivity contribution in [2.75, 3.05) is 25.0 Å². The number of fused-ring (bicyclic) bond motifs is 1. The number of anilines is 1. The van der Waals surface area contributed by atoms with Crippen molar-refractivity contribution in [3.05, 3.63) is 63.6 Å². The van der Waals surface area contributed by atoms with Gasteiger partial charge in [-0.15, -0.1) is 0 Å². The summed E-state index contributed by atoms with van der Waals surface area (Å²) >= 11 is 12.7. The smallest absolute Gasteiger partial charge is 0.254 e. The zero-order chi connectivity index (χ0) is 19.6. The van der Waals surface area contributed by atoms with Crippen LogP contribution in [-0.2, 0) is 15.1 Å². The van der Waals surface area contributed by atoms with Gasteiger partial charge in [0.2, 0.25) is 5.91 Å². The van der Waals surface area contributed by atoms with Crippen LogP contribution in [0, 0.1) is 0 Å². The molecule has 0 bridgehead atoms. The standard InChI is InChI=1S/C20H21Cl2N3O2/c1-3-25(4-2)18(26)12-23-20(14-7-5-6-8-16(14)22)15-11-13(21)9-10-17(15)24-19(20)27/h5-11,23H,3-4,12H2,1-2H3,(H,24,27). The van der Waals surface area contributed by atoms with Crippen LogP contribution in [0.4, 0.5) is 5.69 Å². The summed E-state index contributed by atoms with van der Waals surface area (Å²) < 4.78 is 0. The van der Waals surface area contributed by atoms with E-state index in [0.29, 0.717) is 39.9 Å². The molecule has 2 N–H and O–H groups in total. The van der Waals surface area contributed by atoms with E-state index in [4.69, 9.17) is 23.2 Å². The van der Waals surface area contributed by atoms with Crippen molar-refractivity contribution < 1.29 is 9.59 Å². The van der Waals surface area contributed by atoms with Crippen LogP contribution in [0.1, 0.15) is 25.0 Å². The molecule has 0 aromatic heterocycles. The highest BCUT2D eigenvalue weighted by molar-refractivity contribution is 6.32. The Kier molecular flexibility index (Phi) is 5.75. The second kappa shape index (κ2) is 7.89. The van der Waals surface area contributed by atoms with Gasteiger partial charge in [-0.3, -0.25) is 14.9 Å². The molecule has 2 aromatic carbocycles. The molecule has 142 valence electrons. The van der Waals surface area contributed by atoms with Crippen LogP contribution in [-0.4, -0.2) is 36.3 Å². The summed E-state index contributed by atoms with van der Waals surface area (Å²) in [5.41, 5.74) is 0.589. The minimum atomic E-state index is -1.29. The molecule has 27 heavy (non-hydrogen) atoms. The maximum Gasteiger partial charge on any atom is 0.254 e. The van der Waals surface area contributed by atoms with Crippen molar-refractivity contribution in [2.24, 2.45) is 0 Å². The number of rotatable bonds is 6. The van der Waals surface area contributed by atoms with E-state index >= 15 is 0 Å². The molecule has 0 saturated carbocycles. The molecule has 2 amide bonds. The van der Waals surface area contributed by atoms with Gasteiger partial charge in [0.15, 0.2) is 5.54 Å². The van der Waals surface area contributed by atoms with E-state index in [9.17, 15) is 9.59 Å². The second-order valence-corrected chi connectivity index (χ2v) is 7.14. The zero-order valence-corrected chi connectivity index (χ0v) is 16.7. The summed E-state index contributed by atoms with van der Waals surface area (Å²) in [5, 5.41) is 7.00. The number of amides is 2. The van der Waals surface area contributed by atoms with Gasteiger partial charge in [0.25, 0.3) is 5.91 Å². The Balaban J connectivity index is 2.10. The van der Waals surface area contributed by atoms with Gasteiger partial charge >= 0.3 is 0 Å². The van der Waals surface area contributed by atoms with Crippen molar-refractivity contribution in [2.45, 2.75) is 19.4 Å². The topological polar surface area (TPSA) is 61.4 Å². The fourth-order valence-corrected chi connectivity index (χ4v) is 3.92. The maximum absolute atomic E-state index is 13.1. The molecule has 0 spiro atoms. The molecule has 2 aromatic rings. The van der Waals surface area contributed by atoms with Crippen LogP contribution >= 0.6 is 23.2 Å². The number of hydrogen-bond donors (Lipinski definition) is 2. The Hall–Kier alpha value is -2.08. The predicted molar refractivity (Wildman–Crippen MR) is 108 cm³/mol. The second-order valence-electron chi connectivity index (χ2n) is 6.29. The van der Waals surface area contributed by atoms with Crippen LogP contribution in [0.25, 0.3) is 0 Å². The summed E-state index contributed by atoms with van der Waals surface area (Å²) in [6.45, 7) is 5.03. The highest BCUT2D eigenvalue weighted by Gasteiger charge is 2.49. The molecular weight excluding hydrogens is 385 g/mol. The molecule has 0 radical (unpaired) electrons. The normalized spacial score (nSPS) is 18.1. The Morgan fingerprint density at radius 2 is 1.81 bits per heavy atom. The number of nitrogens with one attached hydrogen (secondary N) is 2. The molecule has 1 aliphatic heterocycles. The number of hydrogen-bond acceptors (Lipinski definition) is 3. The highest BCUT2D eigenvalue weighted by Crippen LogP contribution is 2.44. The van der Waals surface area contributed by atoms with Crippen molar-refractivity contribution in [3.63, 3.8) is 0 Å². The first-order valence-corrected chi connectivity index (χ1v) is 9.58. The Morgan fingerprint density at radius 1 is 1.11 bits per heavy atom. The largest absolute Gasteiger partial charge is 0.342 e. The summed E-state index contributed by atoms with van der Waals surface area (Å²) in [6, 6.07) is 12.3. The fourth-order valence-electron chi connectivity index (χ4n) is 3.47. The summed E-state index contributed by atoms with van der Waals surface area (Å²) in [5.74, 6) is -0.380. The van der Waals surface area contributed by atoms with E-state index in [1.807, 2.05) is 19.9 Å². The van der Waals surface area contributed by atoms with Gasteiger partial charge in [-0.2, -0.15) is 0 Å². The van der Waals surface area contributed by atoms with Gasteiger partial charge in [-0.1, -0.05) is 41.4 Å². The van der Waals surface area contributed by atoms with Crippen molar-refractivity contribution in [1.82, 2.24) is 10.2 Å². The lowest BCUT2D eigenvalue weighted by Gasteiger charge is -2.31. The first kappa shape index (κ1) is 19.7. The quantitative estimate of drug-likeness (QED) is 0.770. The van der Waals surface area contributed by atoms with Gasteiger partial charge in [0, 0.05) is 39.9 Å². The maximum atomic E-state index is 13.1. The zero-order valence-electron chi connectivity index (χ0n) is 15.2. The lowest BCUT2D eigenvalue weighted by molar-refractivity contribution is -0.130. The number of halogens is 2. The molecule has 1 atom stereocenters.